The second-order valence-corrected chi connectivity index (χ2v) is 7.99. The fourth-order valence-corrected chi connectivity index (χ4v) is 5.26. The minimum atomic E-state index is -3.29. The van der Waals surface area contributed by atoms with Gasteiger partial charge in [0.2, 0.25) is 10.0 Å². The number of hydrogen-bond donors (Lipinski definition) is 0. The van der Waals surface area contributed by atoms with Gasteiger partial charge >= 0.3 is 0 Å². The maximum Gasteiger partial charge on any atom is 0.244 e. The summed E-state index contributed by atoms with van der Waals surface area (Å²) in [6.07, 6.45) is 4.00. The van der Waals surface area contributed by atoms with Gasteiger partial charge in [-0.25, -0.2) is 8.42 Å². The van der Waals surface area contributed by atoms with Gasteiger partial charge in [-0.15, -0.1) is 0 Å². The maximum absolute atomic E-state index is 12.6. The molecule has 1 unspecified atom stereocenters. The van der Waals surface area contributed by atoms with Gasteiger partial charge in [-0.3, -0.25) is 0 Å². The van der Waals surface area contributed by atoms with Gasteiger partial charge in [0.25, 0.3) is 0 Å². The van der Waals surface area contributed by atoms with Crippen LogP contribution in [0.3, 0.4) is 0 Å². The third kappa shape index (κ3) is 3.56. The molecule has 0 aliphatic carbocycles. The van der Waals surface area contributed by atoms with Crippen molar-refractivity contribution in [1.82, 2.24) is 9.21 Å². The predicted octanol–water partition coefficient (Wildman–Crippen LogP) is 2.24. The predicted molar refractivity (Wildman–Crippen MR) is 79.0 cm³/mol. The van der Waals surface area contributed by atoms with E-state index in [1.165, 1.54) is 11.3 Å². The van der Waals surface area contributed by atoms with Gasteiger partial charge in [-0.2, -0.15) is 15.6 Å². The highest BCUT2D eigenvalue weighted by Gasteiger charge is 2.33. The Morgan fingerprint density at radius 2 is 2.21 bits per heavy atom. The molecular formula is C13H22N2O2S2. The van der Waals surface area contributed by atoms with Crippen molar-refractivity contribution in [3.63, 3.8) is 0 Å². The van der Waals surface area contributed by atoms with E-state index in [4.69, 9.17) is 0 Å². The van der Waals surface area contributed by atoms with Gasteiger partial charge in [0.1, 0.15) is 0 Å². The molecule has 0 aromatic carbocycles. The lowest BCUT2D eigenvalue weighted by Crippen LogP contribution is -2.44. The van der Waals surface area contributed by atoms with Crippen LogP contribution in [0.5, 0.6) is 0 Å². The summed E-state index contributed by atoms with van der Waals surface area (Å²) in [5.41, 5.74) is 0. The van der Waals surface area contributed by atoms with Gasteiger partial charge in [-0.05, 0) is 51.3 Å². The summed E-state index contributed by atoms with van der Waals surface area (Å²) < 4.78 is 27.0. The standard InChI is InChI=1S/C13H22N2O2S2/c1-14(2)9-6-12-5-3-4-8-15(12)19(16,17)13-7-10-18-11-13/h7,10-12H,3-6,8-9H2,1-2H3. The third-order valence-electron chi connectivity index (χ3n) is 3.58. The molecular weight excluding hydrogens is 280 g/mol. The Hall–Kier alpha value is -0.430. The highest BCUT2D eigenvalue weighted by Crippen LogP contribution is 2.28. The molecule has 1 aliphatic heterocycles. The Kier molecular flexibility index (Phi) is 5.00. The molecule has 4 nitrogen and oxygen atoms in total. The quantitative estimate of drug-likeness (QED) is 0.837. The van der Waals surface area contributed by atoms with Crippen LogP contribution >= 0.6 is 11.3 Å². The minimum absolute atomic E-state index is 0.154. The Balaban J connectivity index is 2.15. The van der Waals surface area contributed by atoms with Crippen molar-refractivity contribution in [3.8, 4) is 0 Å². The Morgan fingerprint density at radius 3 is 2.84 bits per heavy atom. The van der Waals surface area contributed by atoms with Crippen LogP contribution in [0.1, 0.15) is 25.7 Å². The van der Waals surface area contributed by atoms with Crippen LogP contribution in [0, 0.1) is 0 Å². The second kappa shape index (κ2) is 6.35. The van der Waals surface area contributed by atoms with Crippen molar-refractivity contribution >= 4 is 21.4 Å². The molecule has 0 spiro atoms. The fraction of sp³-hybridized carbons (Fsp3) is 0.692. The number of thiophene rings is 1. The molecule has 0 radical (unpaired) electrons. The lowest BCUT2D eigenvalue weighted by atomic mass is 10.0. The Morgan fingerprint density at radius 1 is 1.42 bits per heavy atom. The topological polar surface area (TPSA) is 40.6 Å². The van der Waals surface area contributed by atoms with Gasteiger partial charge in [0, 0.05) is 18.0 Å². The zero-order valence-corrected chi connectivity index (χ0v) is 13.2. The number of piperidine rings is 1. The van der Waals surface area contributed by atoms with Gasteiger partial charge in [-0.1, -0.05) is 6.42 Å². The number of sulfonamides is 1. The lowest BCUT2D eigenvalue weighted by molar-refractivity contribution is 0.222. The van der Waals surface area contributed by atoms with Crippen LogP contribution in [0.15, 0.2) is 21.7 Å². The molecule has 0 saturated carbocycles. The highest BCUT2D eigenvalue weighted by atomic mass is 32.2. The van der Waals surface area contributed by atoms with E-state index in [0.717, 1.165) is 32.2 Å². The van der Waals surface area contributed by atoms with E-state index in [2.05, 4.69) is 4.90 Å². The largest absolute Gasteiger partial charge is 0.309 e. The van der Waals surface area contributed by atoms with Gasteiger partial charge < -0.3 is 4.90 Å². The van der Waals surface area contributed by atoms with Crippen LogP contribution < -0.4 is 0 Å². The molecule has 1 aliphatic rings. The van der Waals surface area contributed by atoms with E-state index >= 15 is 0 Å². The molecule has 6 heteroatoms. The van der Waals surface area contributed by atoms with Gasteiger partial charge in [0.05, 0.1) is 4.90 Å². The Bertz CT molecular complexity index is 483. The van der Waals surface area contributed by atoms with E-state index < -0.39 is 10.0 Å². The van der Waals surface area contributed by atoms with Crippen molar-refractivity contribution in [3.05, 3.63) is 16.8 Å². The zero-order valence-electron chi connectivity index (χ0n) is 11.6. The van der Waals surface area contributed by atoms with Crippen molar-refractivity contribution in [2.24, 2.45) is 0 Å². The normalized spacial score (nSPS) is 21.9. The molecule has 108 valence electrons. The van der Waals surface area contributed by atoms with E-state index in [-0.39, 0.29) is 6.04 Å². The molecule has 1 saturated heterocycles. The molecule has 2 rings (SSSR count). The fourth-order valence-electron chi connectivity index (χ4n) is 2.52. The van der Waals surface area contributed by atoms with E-state index in [9.17, 15) is 8.42 Å². The first kappa shape index (κ1) is 15.0. The van der Waals surface area contributed by atoms with Crippen molar-refractivity contribution in [2.75, 3.05) is 27.2 Å². The summed E-state index contributed by atoms with van der Waals surface area (Å²) >= 11 is 1.44. The van der Waals surface area contributed by atoms with Crippen LogP contribution in [0.4, 0.5) is 0 Å². The smallest absolute Gasteiger partial charge is 0.244 e. The monoisotopic (exact) mass is 302 g/mol. The van der Waals surface area contributed by atoms with E-state index in [0.29, 0.717) is 11.4 Å². The van der Waals surface area contributed by atoms with Crippen molar-refractivity contribution in [2.45, 2.75) is 36.6 Å². The average molecular weight is 302 g/mol. The maximum atomic E-state index is 12.6. The number of rotatable bonds is 5. The summed E-state index contributed by atoms with van der Waals surface area (Å²) in [4.78, 5) is 2.57. The first-order valence-corrected chi connectivity index (χ1v) is 9.09. The first-order chi connectivity index (χ1) is 9.01. The molecule has 19 heavy (non-hydrogen) atoms. The van der Waals surface area contributed by atoms with Crippen LogP contribution in [-0.4, -0.2) is 50.8 Å². The first-order valence-electron chi connectivity index (χ1n) is 6.70. The van der Waals surface area contributed by atoms with Crippen LogP contribution in [0.25, 0.3) is 0 Å². The van der Waals surface area contributed by atoms with Crippen molar-refractivity contribution in [1.29, 1.82) is 0 Å². The molecule has 1 fully saturated rings. The molecule has 1 atom stereocenters. The summed E-state index contributed by atoms with van der Waals surface area (Å²) in [6, 6.07) is 1.86. The number of nitrogens with zero attached hydrogens (tertiary/aromatic N) is 2. The van der Waals surface area contributed by atoms with Gasteiger partial charge in [0.15, 0.2) is 0 Å². The van der Waals surface area contributed by atoms with Crippen molar-refractivity contribution < 1.29 is 8.42 Å². The summed E-state index contributed by atoms with van der Waals surface area (Å²) in [5.74, 6) is 0. The second-order valence-electron chi connectivity index (χ2n) is 5.32. The van der Waals surface area contributed by atoms with E-state index in [1.807, 2.05) is 19.5 Å². The molecule has 1 aromatic rings. The molecule has 0 amide bonds. The summed E-state index contributed by atoms with van der Waals surface area (Å²) in [6.45, 7) is 1.59. The minimum Gasteiger partial charge on any atom is -0.309 e. The average Bonchev–Trinajstić information content (AvgIpc) is 2.91. The Labute approximate surface area is 120 Å². The van der Waals surface area contributed by atoms with Crippen LogP contribution in [-0.2, 0) is 10.0 Å². The molecule has 2 heterocycles. The van der Waals surface area contributed by atoms with Crippen LogP contribution in [0.2, 0.25) is 0 Å². The number of hydrogen-bond acceptors (Lipinski definition) is 4. The zero-order chi connectivity index (χ0) is 13.9. The molecule has 0 N–H and O–H groups in total. The van der Waals surface area contributed by atoms with E-state index in [1.54, 1.807) is 15.8 Å². The lowest BCUT2D eigenvalue weighted by Gasteiger charge is -2.35. The summed E-state index contributed by atoms with van der Waals surface area (Å²) in [7, 11) is 0.766. The SMILES string of the molecule is CN(C)CCC1CCCCN1S(=O)(=O)c1ccsc1. The summed E-state index contributed by atoms with van der Waals surface area (Å²) in [5, 5.41) is 3.55. The third-order valence-corrected chi connectivity index (χ3v) is 6.36. The molecule has 0 bridgehead atoms. The highest BCUT2D eigenvalue weighted by molar-refractivity contribution is 7.89. The molecule has 1 aromatic heterocycles.